The molecule has 0 fully saturated rings. The van der Waals surface area contributed by atoms with E-state index in [0.29, 0.717) is 5.71 Å². The maximum Gasteiger partial charge on any atom is 0.114 e. The van der Waals surface area contributed by atoms with E-state index < -0.39 is 6.10 Å². The fourth-order valence-electron chi connectivity index (χ4n) is 2.26. The van der Waals surface area contributed by atoms with Crippen molar-refractivity contribution in [1.29, 1.82) is 5.41 Å². The molecule has 1 unspecified atom stereocenters. The number of aliphatic hydroxyl groups excluding tert-OH is 1. The van der Waals surface area contributed by atoms with E-state index in [2.05, 4.69) is 12.1 Å². The second kappa shape index (κ2) is 2.91. The van der Waals surface area contributed by atoms with Crippen LogP contribution in [0.2, 0.25) is 0 Å². The van der Waals surface area contributed by atoms with Gasteiger partial charge < -0.3 is 10.5 Å². The van der Waals surface area contributed by atoms with Crippen molar-refractivity contribution >= 4 is 11.3 Å². The molecule has 0 saturated carbocycles. The van der Waals surface area contributed by atoms with Gasteiger partial charge in [-0.2, -0.15) is 0 Å². The molecule has 0 aliphatic heterocycles. The van der Waals surface area contributed by atoms with Gasteiger partial charge in [0.25, 0.3) is 0 Å². The molecule has 0 radical (unpaired) electrons. The van der Waals surface area contributed by atoms with Crippen LogP contribution in [0.5, 0.6) is 0 Å². The summed E-state index contributed by atoms with van der Waals surface area (Å²) in [5.41, 5.74) is 5.05. The summed E-state index contributed by atoms with van der Waals surface area (Å²) >= 11 is 0. The summed E-state index contributed by atoms with van der Waals surface area (Å²) < 4.78 is 0. The standard InChI is InChI=1S/C13H11NO/c14-12-6-9-5-8-3-1-2-4-10(8)11(9)7-13(12)15/h1-4,6-7,13-15H,5H2. The molecule has 2 nitrogen and oxygen atoms in total. The van der Waals surface area contributed by atoms with Crippen molar-refractivity contribution < 1.29 is 5.11 Å². The highest BCUT2D eigenvalue weighted by Crippen LogP contribution is 2.38. The molecular formula is C13H11NO. The molecule has 0 spiro atoms. The zero-order valence-corrected chi connectivity index (χ0v) is 8.20. The van der Waals surface area contributed by atoms with Gasteiger partial charge in [-0.25, -0.2) is 0 Å². The number of benzene rings is 1. The van der Waals surface area contributed by atoms with Crippen LogP contribution in [-0.4, -0.2) is 16.9 Å². The average molecular weight is 197 g/mol. The minimum Gasteiger partial charge on any atom is -0.383 e. The molecule has 0 saturated heterocycles. The molecule has 0 aromatic heterocycles. The smallest absolute Gasteiger partial charge is 0.114 e. The van der Waals surface area contributed by atoms with Crippen molar-refractivity contribution in [3.63, 3.8) is 0 Å². The van der Waals surface area contributed by atoms with Gasteiger partial charge in [-0.15, -0.1) is 0 Å². The van der Waals surface area contributed by atoms with E-state index in [-0.39, 0.29) is 0 Å². The second-order valence-electron chi connectivity index (χ2n) is 3.98. The predicted octanol–water partition coefficient (Wildman–Crippen LogP) is 1.95. The Morgan fingerprint density at radius 2 is 2.07 bits per heavy atom. The Morgan fingerprint density at radius 1 is 1.27 bits per heavy atom. The van der Waals surface area contributed by atoms with Crippen LogP contribution in [0, 0.1) is 5.41 Å². The van der Waals surface area contributed by atoms with Crippen LogP contribution >= 0.6 is 0 Å². The van der Waals surface area contributed by atoms with Gasteiger partial charge in [0.15, 0.2) is 0 Å². The molecule has 2 aliphatic rings. The van der Waals surface area contributed by atoms with E-state index in [0.717, 1.165) is 17.6 Å². The van der Waals surface area contributed by atoms with E-state index in [4.69, 9.17) is 5.41 Å². The van der Waals surface area contributed by atoms with Crippen molar-refractivity contribution in [1.82, 2.24) is 0 Å². The molecular weight excluding hydrogens is 186 g/mol. The van der Waals surface area contributed by atoms with E-state index in [1.807, 2.05) is 12.1 Å². The first-order chi connectivity index (χ1) is 7.25. The lowest BCUT2D eigenvalue weighted by Crippen LogP contribution is -2.18. The highest BCUT2D eigenvalue weighted by atomic mass is 16.3. The Labute approximate surface area is 88.1 Å². The van der Waals surface area contributed by atoms with Crippen LogP contribution in [0.4, 0.5) is 0 Å². The Hall–Kier alpha value is -1.67. The number of rotatable bonds is 0. The van der Waals surface area contributed by atoms with E-state index in [1.54, 1.807) is 12.2 Å². The van der Waals surface area contributed by atoms with Crippen molar-refractivity contribution in [3.8, 4) is 0 Å². The second-order valence-corrected chi connectivity index (χ2v) is 3.98. The molecule has 3 rings (SSSR count). The van der Waals surface area contributed by atoms with Gasteiger partial charge in [-0.1, -0.05) is 24.3 Å². The van der Waals surface area contributed by atoms with E-state index in [1.165, 1.54) is 11.1 Å². The summed E-state index contributed by atoms with van der Waals surface area (Å²) in [6.07, 6.45) is 3.72. The number of aliphatic hydroxyl groups is 1. The van der Waals surface area contributed by atoms with Crippen molar-refractivity contribution in [2.75, 3.05) is 0 Å². The molecule has 2 heteroatoms. The first kappa shape index (κ1) is 8.62. The first-order valence-electron chi connectivity index (χ1n) is 5.03. The number of fused-ring (bicyclic) bond motifs is 3. The van der Waals surface area contributed by atoms with Crippen LogP contribution in [0.15, 0.2) is 42.0 Å². The molecule has 1 aromatic rings. The molecule has 2 aliphatic carbocycles. The number of allylic oxidation sites excluding steroid dienone is 2. The largest absolute Gasteiger partial charge is 0.383 e. The minimum atomic E-state index is -0.741. The Kier molecular flexibility index (Phi) is 1.67. The maximum absolute atomic E-state index is 9.60. The summed E-state index contributed by atoms with van der Waals surface area (Å²) in [6, 6.07) is 8.21. The predicted molar refractivity (Wildman–Crippen MR) is 59.9 cm³/mol. The topological polar surface area (TPSA) is 44.1 Å². The first-order valence-corrected chi connectivity index (χ1v) is 5.03. The average Bonchev–Trinajstić information content (AvgIpc) is 2.57. The SMILES string of the molecule is N=C1C=C2Cc3ccccc3C2=CC1O. The van der Waals surface area contributed by atoms with E-state index in [9.17, 15) is 5.11 Å². The molecule has 0 heterocycles. The van der Waals surface area contributed by atoms with Crippen LogP contribution < -0.4 is 0 Å². The van der Waals surface area contributed by atoms with Crippen LogP contribution in [-0.2, 0) is 6.42 Å². The molecule has 1 atom stereocenters. The van der Waals surface area contributed by atoms with Gasteiger partial charge in [0.1, 0.15) is 6.10 Å². The Bertz CT molecular complexity index is 511. The van der Waals surface area contributed by atoms with Gasteiger partial charge in [-0.3, -0.25) is 0 Å². The third-order valence-corrected chi connectivity index (χ3v) is 3.01. The molecule has 0 bridgehead atoms. The lowest BCUT2D eigenvalue weighted by Gasteiger charge is -2.14. The van der Waals surface area contributed by atoms with Gasteiger partial charge in [0.05, 0.1) is 5.71 Å². The lowest BCUT2D eigenvalue weighted by molar-refractivity contribution is 0.289. The molecule has 15 heavy (non-hydrogen) atoms. The van der Waals surface area contributed by atoms with Gasteiger partial charge in [0.2, 0.25) is 0 Å². The minimum absolute atomic E-state index is 0.293. The molecule has 2 N–H and O–H groups in total. The van der Waals surface area contributed by atoms with Crippen LogP contribution in [0.1, 0.15) is 11.1 Å². The quantitative estimate of drug-likeness (QED) is 0.656. The Morgan fingerprint density at radius 3 is 2.93 bits per heavy atom. The fraction of sp³-hybridized carbons (Fsp3) is 0.154. The molecule has 74 valence electrons. The summed E-state index contributed by atoms with van der Waals surface area (Å²) in [5, 5.41) is 17.2. The van der Waals surface area contributed by atoms with Crippen LogP contribution in [0.25, 0.3) is 5.57 Å². The number of nitrogens with one attached hydrogen (secondary N) is 1. The van der Waals surface area contributed by atoms with Crippen molar-refractivity contribution in [2.45, 2.75) is 12.5 Å². The summed E-state index contributed by atoms with van der Waals surface area (Å²) in [4.78, 5) is 0. The molecule has 1 aromatic carbocycles. The highest BCUT2D eigenvalue weighted by molar-refractivity contribution is 6.06. The monoisotopic (exact) mass is 197 g/mol. The maximum atomic E-state index is 9.60. The van der Waals surface area contributed by atoms with Gasteiger partial charge in [0, 0.05) is 0 Å². The zero-order valence-electron chi connectivity index (χ0n) is 8.20. The lowest BCUT2D eigenvalue weighted by atomic mass is 9.95. The normalized spacial score (nSPS) is 23.0. The molecule has 0 amide bonds. The number of hydrogen-bond acceptors (Lipinski definition) is 2. The van der Waals surface area contributed by atoms with Gasteiger partial charge >= 0.3 is 0 Å². The third-order valence-electron chi connectivity index (χ3n) is 3.01. The third kappa shape index (κ3) is 1.18. The van der Waals surface area contributed by atoms with Crippen molar-refractivity contribution in [2.24, 2.45) is 0 Å². The summed E-state index contributed by atoms with van der Waals surface area (Å²) in [5.74, 6) is 0. The number of hydrogen-bond donors (Lipinski definition) is 2. The summed E-state index contributed by atoms with van der Waals surface area (Å²) in [7, 11) is 0. The van der Waals surface area contributed by atoms with Crippen LogP contribution in [0.3, 0.4) is 0 Å². The van der Waals surface area contributed by atoms with Crippen molar-refractivity contribution in [3.05, 3.63) is 53.1 Å². The zero-order chi connectivity index (χ0) is 10.4. The Balaban J connectivity index is 2.19. The fourth-order valence-corrected chi connectivity index (χ4v) is 2.26. The van der Waals surface area contributed by atoms with Gasteiger partial charge in [-0.05, 0) is 40.8 Å². The summed E-state index contributed by atoms with van der Waals surface area (Å²) in [6.45, 7) is 0. The van der Waals surface area contributed by atoms with E-state index >= 15 is 0 Å². The highest BCUT2D eigenvalue weighted by Gasteiger charge is 2.25.